The van der Waals surface area contributed by atoms with Gasteiger partial charge in [-0.1, -0.05) is 18.2 Å². The van der Waals surface area contributed by atoms with Crippen molar-refractivity contribution < 1.29 is 17.9 Å². The van der Waals surface area contributed by atoms with Gasteiger partial charge in [0.25, 0.3) is 0 Å². The van der Waals surface area contributed by atoms with E-state index in [4.69, 9.17) is 20.0 Å². The molecule has 4 heterocycles. The van der Waals surface area contributed by atoms with Gasteiger partial charge in [-0.25, -0.2) is 23.4 Å². The van der Waals surface area contributed by atoms with Crippen molar-refractivity contribution in [3.05, 3.63) is 76.4 Å². The summed E-state index contributed by atoms with van der Waals surface area (Å²) in [4.78, 5) is 24.3. The molecule has 1 fully saturated rings. The van der Waals surface area contributed by atoms with Crippen LogP contribution in [0, 0.1) is 11.6 Å². The second-order valence-corrected chi connectivity index (χ2v) is 8.79. The second kappa shape index (κ2) is 8.93. The van der Waals surface area contributed by atoms with Gasteiger partial charge >= 0.3 is 0 Å². The molecular weight excluding hydrogens is 482 g/mol. The molecule has 0 bridgehead atoms. The minimum absolute atomic E-state index is 0.0446. The van der Waals surface area contributed by atoms with Crippen LogP contribution in [0.5, 0.6) is 0 Å². The molecular formula is C26H22F2N6O3. The molecule has 11 heteroatoms. The Morgan fingerprint density at radius 1 is 1.05 bits per heavy atom. The number of nitrogen functional groups attached to an aromatic ring is 1. The summed E-state index contributed by atoms with van der Waals surface area (Å²) in [7, 11) is 0. The molecule has 0 radical (unpaired) electrons. The van der Waals surface area contributed by atoms with E-state index in [2.05, 4.69) is 9.97 Å². The number of ether oxygens (including phenoxy) is 1. The molecule has 0 amide bonds. The predicted molar refractivity (Wildman–Crippen MR) is 134 cm³/mol. The van der Waals surface area contributed by atoms with Crippen LogP contribution < -0.4 is 16.1 Å². The van der Waals surface area contributed by atoms with Gasteiger partial charge in [0.1, 0.15) is 51.9 Å². The van der Waals surface area contributed by atoms with E-state index in [1.807, 2.05) is 4.90 Å². The number of nitrogens with zero attached hydrogens (tertiary/aromatic N) is 5. The maximum absolute atomic E-state index is 14.7. The van der Waals surface area contributed by atoms with Crippen molar-refractivity contribution in [3.8, 4) is 11.1 Å². The fourth-order valence-corrected chi connectivity index (χ4v) is 4.78. The monoisotopic (exact) mass is 504 g/mol. The van der Waals surface area contributed by atoms with E-state index in [-0.39, 0.29) is 33.7 Å². The first-order valence-electron chi connectivity index (χ1n) is 11.8. The van der Waals surface area contributed by atoms with E-state index in [0.29, 0.717) is 43.2 Å². The molecule has 6 rings (SSSR count). The molecule has 0 spiro atoms. The molecule has 1 unspecified atom stereocenters. The minimum atomic E-state index is -0.720. The number of morpholine rings is 1. The Morgan fingerprint density at radius 2 is 1.84 bits per heavy atom. The van der Waals surface area contributed by atoms with Crippen molar-refractivity contribution in [1.82, 2.24) is 19.7 Å². The second-order valence-electron chi connectivity index (χ2n) is 8.79. The molecule has 2 aromatic carbocycles. The lowest BCUT2D eigenvalue weighted by Gasteiger charge is -2.27. The van der Waals surface area contributed by atoms with Crippen molar-refractivity contribution in [1.29, 1.82) is 0 Å². The van der Waals surface area contributed by atoms with Gasteiger partial charge in [0.05, 0.1) is 18.8 Å². The topological polar surface area (TPSA) is 112 Å². The van der Waals surface area contributed by atoms with E-state index in [1.54, 1.807) is 17.7 Å². The van der Waals surface area contributed by atoms with E-state index < -0.39 is 23.1 Å². The molecule has 1 atom stereocenters. The third-order valence-electron chi connectivity index (χ3n) is 6.57. The lowest BCUT2D eigenvalue weighted by Crippen LogP contribution is -2.36. The third kappa shape index (κ3) is 3.78. The number of halogens is 2. The van der Waals surface area contributed by atoms with E-state index >= 15 is 0 Å². The van der Waals surface area contributed by atoms with Crippen LogP contribution in [0.3, 0.4) is 0 Å². The van der Waals surface area contributed by atoms with Crippen LogP contribution in [-0.4, -0.2) is 46.1 Å². The first-order chi connectivity index (χ1) is 17.9. The molecule has 37 heavy (non-hydrogen) atoms. The number of nitrogens with two attached hydrogens (primary N) is 1. The lowest BCUT2D eigenvalue weighted by molar-refractivity contribution is 0.122. The van der Waals surface area contributed by atoms with Crippen LogP contribution in [-0.2, 0) is 4.74 Å². The molecule has 1 saturated heterocycles. The Balaban J connectivity index is 1.62. The molecule has 188 valence electrons. The predicted octanol–water partition coefficient (Wildman–Crippen LogP) is 3.91. The van der Waals surface area contributed by atoms with Gasteiger partial charge in [-0.05, 0) is 36.8 Å². The average molecular weight is 504 g/mol. The maximum Gasteiger partial charge on any atom is 0.203 e. The zero-order valence-electron chi connectivity index (χ0n) is 19.8. The van der Waals surface area contributed by atoms with Gasteiger partial charge in [0.15, 0.2) is 11.5 Å². The van der Waals surface area contributed by atoms with Crippen LogP contribution in [0.15, 0.2) is 58.0 Å². The fourth-order valence-electron chi connectivity index (χ4n) is 4.78. The van der Waals surface area contributed by atoms with E-state index in [9.17, 15) is 13.6 Å². The zero-order chi connectivity index (χ0) is 25.7. The molecule has 0 aliphatic carbocycles. The Morgan fingerprint density at radius 3 is 2.62 bits per heavy atom. The van der Waals surface area contributed by atoms with Crippen molar-refractivity contribution >= 4 is 33.6 Å². The molecule has 0 saturated carbocycles. The van der Waals surface area contributed by atoms with Gasteiger partial charge in [-0.2, -0.15) is 5.10 Å². The number of rotatable bonds is 4. The highest BCUT2D eigenvalue weighted by molar-refractivity contribution is 5.96. The number of benzene rings is 2. The van der Waals surface area contributed by atoms with Gasteiger partial charge in [-0.15, -0.1) is 0 Å². The minimum Gasteiger partial charge on any atom is -0.458 e. The number of hydrogen-bond acceptors (Lipinski definition) is 8. The van der Waals surface area contributed by atoms with Crippen LogP contribution in [0.25, 0.3) is 33.1 Å². The summed E-state index contributed by atoms with van der Waals surface area (Å²) >= 11 is 0. The van der Waals surface area contributed by atoms with Crippen molar-refractivity contribution in [2.45, 2.75) is 13.0 Å². The summed E-state index contributed by atoms with van der Waals surface area (Å²) in [5, 5.41) is 5.19. The van der Waals surface area contributed by atoms with Crippen LogP contribution in [0.1, 0.15) is 18.7 Å². The number of anilines is 2. The number of hydrogen-bond donors (Lipinski definition) is 1. The Hall–Kier alpha value is -4.38. The summed E-state index contributed by atoms with van der Waals surface area (Å²) in [5.74, 6) is -0.225. The summed E-state index contributed by atoms with van der Waals surface area (Å²) in [6.45, 7) is 4.06. The lowest BCUT2D eigenvalue weighted by atomic mass is 9.99. The van der Waals surface area contributed by atoms with Crippen LogP contribution in [0.4, 0.5) is 20.4 Å². The van der Waals surface area contributed by atoms with Gasteiger partial charge < -0.3 is 19.8 Å². The van der Waals surface area contributed by atoms with E-state index in [0.717, 1.165) is 0 Å². The van der Waals surface area contributed by atoms with Gasteiger partial charge in [0, 0.05) is 13.1 Å². The van der Waals surface area contributed by atoms with Crippen LogP contribution in [0.2, 0.25) is 0 Å². The fraction of sp³-hybridized carbons (Fsp3) is 0.231. The largest absolute Gasteiger partial charge is 0.458 e. The highest BCUT2D eigenvalue weighted by Crippen LogP contribution is 2.36. The molecule has 9 nitrogen and oxygen atoms in total. The summed E-state index contributed by atoms with van der Waals surface area (Å²) < 4.78 is 42.2. The summed E-state index contributed by atoms with van der Waals surface area (Å²) in [6, 6.07) is 9.02. The quantitative estimate of drug-likeness (QED) is 0.392. The van der Waals surface area contributed by atoms with Crippen molar-refractivity contribution in [2.24, 2.45) is 0 Å². The summed E-state index contributed by atoms with van der Waals surface area (Å²) in [6.07, 6.45) is 1.34. The molecule has 1 aliphatic rings. The van der Waals surface area contributed by atoms with Gasteiger partial charge in [-0.3, -0.25) is 4.79 Å². The Labute approximate surface area is 209 Å². The highest BCUT2D eigenvalue weighted by atomic mass is 19.1. The Bertz CT molecular complexity index is 1710. The average Bonchev–Trinajstić information content (AvgIpc) is 3.29. The first kappa shape index (κ1) is 23.0. The number of fused-ring (bicyclic) bond motifs is 2. The zero-order valence-corrected chi connectivity index (χ0v) is 19.8. The highest BCUT2D eigenvalue weighted by Gasteiger charge is 2.29. The number of aromatic nitrogens is 4. The molecule has 2 N–H and O–H groups in total. The summed E-state index contributed by atoms with van der Waals surface area (Å²) in [5.41, 5.74) is 6.47. The Kier molecular flexibility index (Phi) is 5.56. The van der Waals surface area contributed by atoms with Gasteiger partial charge in [0.2, 0.25) is 5.43 Å². The smallest absolute Gasteiger partial charge is 0.203 e. The molecule has 5 aromatic rings. The normalized spacial score (nSPS) is 14.9. The van der Waals surface area contributed by atoms with Crippen molar-refractivity contribution in [2.75, 3.05) is 36.9 Å². The molecule has 1 aliphatic heterocycles. The SMILES string of the molecule is CC(c1oc2cccc(F)c2c(=O)c1-c1cccc(F)c1)n1nc(N2CCOCC2)c2c(N)ncnc21. The third-order valence-corrected chi connectivity index (χ3v) is 6.57. The standard InChI is InChI=1S/C26H22F2N6O3/c1-14(34-25-21(24(29)30-13-31-25)26(32-34)33-8-10-36-11-9-33)23-19(15-4-2-5-16(27)12-15)22(35)20-17(28)6-3-7-18(20)37-23/h2-7,12-14H,8-11H2,1H3,(H2,29,30,31). The van der Waals surface area contributed by atoms with Crippen molar-refractivity contribution in [3.63, 3.8) is 0 Å². The molecule has 3 aromatic heterocycles. The van der Waals surface area contributed by atoms with Crippen LogP contribution >= 0.6 is 0 Å². The first-order valence-corrected chi connectivity index (χ1v) is 11.8. The van der Waals surface area contributed by atoms with E-state index in [1.165, 1.54) is 42.7 Å². The maximum atomic E-state index is 14.7.